The highest BCUT2D eigenvalue weighted by Crippen LogP contribution is 2.35. The molecule has 0 bridgehead atoms. The number of nitro groups is 1. The van der Waals surface area contributed by atoms with Crippen molar-refractivity contribution in [2.45, 2.75) is 0 Å². The highest BCUT2D eigenvalue weighted by Gasteiger charge is 2.16. The minimum absolute atomic E-state index is 0.0739. The van der Waals surface area contributed by atoms with Crippen molar-refractivity contribution in [3.05, 3.63) is 45.2 Å². The summed E-state index contributed by atoms with van der Waals surface area (Å²) < 4.78 is 5.74. The topological polar surface area (TPSA) is 90.2 Å². The van der Waals surface area contributed by atoms with Crippen molar-refractivity contribution in [2.75, 3.05) is 12.4 Å². The summed E-state index contributed by atoms with van der Waals surface area (Å²) in [6.07, 6.45) is 2.96. The third-order valence-corrected chi connectivity index (χ3v) is 3.02. The van der Waals surface area contributed by atoms with Gasteiger partial charge in [0, 0.05) is 13.1 Å². The fourth-order valence-electron chi connectivity index (χ4n) is 1.35. The molecule has 19 heavy (non-hydrogen) atoms. The number of nitrogens with one attached hydrogen (secondary N) is 1. The third-order valence-electron chi connectivity index (χ3n) is 2.22. The van der Waals surface area contributed by atoms with Gasteiger partial charge in [0.1, 0.15) is 10.3 Å². The van der Waals surface area contributed by atoms with Crippen LogP contribution in [0, 0.1) is 10.1 Å². The van der Waals surface area contributed by atoms with Gasteiger partial charge in [-0.1, -0.05) is 6.07 Å². The minimum Gasteiger partial charge on any atom is -0.436 e. The Morgan fingerprint density at radius 2 is 2.21 bits per heavy atom. The normalized spacial score (nSPS) is 10.0. The van der Waals surface area contributed by atoms with Gasteiger partial charge < -0.3 is 10.1 Å². The van der Waals surface area contributed by atoms with E-state index in [4.69, 9.17) is 4.74 Å². The van der Waals surface area contributed by atoms with Gasteiger partial charge in [0.25, 0.3) is 5.69 Å². The number of anilines is 1. The molecular formula is C11H9BrN4O3. The molecule has 0 amide bonds. The van der Waals surface area contributed by atoms with Gasteiger partial charge >= 0.3 is 0 Å². The molecule has 0 aliphatic rings. The molecule has 2 aromatic rings. The van der Waals surface area contributed by atoms with Crippen LogP contribution in [0.3, 0.4) is 0 Å². The highest BCUT2D eigenvalue weighted by molar-refractivity contribution is 9.10. The molecule has 98 valence electrons. The van der Waals surface area contributed by atoms with Crippen LogP contribution in [-0.2, 0) is 0 Å². The second kappa shape index (κ2) is 5.61. The van der Waals surface area contributed by atoms with Crippen LogP contribution >= 0.6 is 15.9 Å². The summed E-state index contributed by atoms with van der Waals surface area (Å²) in [5, 5.41) is 13.6. The first-order valence-electron chi connectivity index (χ1n) is 5.22. The molecule has 1 aromatic carbocycles. The highest BCUT2D eigenvalue weighted by atomic mass is 79.9. The van der Waals surface area contributed by atoms with Gasteiger partial charge in [-0.15, -0.1) is 0 Å². The number of benzene rings is 1. The van der Waals surface area contributed by atoms with E-state index in [1.165, 1.54) is 24.5 Å². The Labute approximate surface area is 116 Å². The molecule has 0 aliphatic heterocycles. The fraction of sp³-hybridized carbons (Fsp3) is 0.0909. The summed E-state index contributed by atoms with van der Waals surface area (Å²) in [7, 11) is 1.71. The van der Waals surface area contributed by atoms with Gasteiger partial charge in [0.15, 0.2) is 5.75 Å². The quantitative estimate of drug-likeness (QED) is 0.686. The van der Waals surface area contributed by atoms with Gasteiger partial charge in [-0.25, -0.2) is 0 Å². The van der Waals surface area contributed by atoms with Crippen LogP contribution in [0.5, 0.6) is 11.6 Å². The molecule has 0 saturated heterocycles. The Morgan fingerprint density at radius 1 is 1.42 bits per heavy atom. The molecule has 0 radical (unpaired) electrons. The first kappa shape index (κ1) is 13.2. The van der Waals surface area contributed by atoms with Crippen molar-refractivity contribution in [2.24, 2.45) is 0 Å². The van der Waals surface area contributed by atoms with Crippen LogP contribution in [0.1, 0.15) is 0 Å². The lowest BCUT2D eigenvalue weighted by Gasteiger charge is -2.07. The number of hydrogen-bond acceptors (Lipinski definition) is 6. The summed E-state index contributed by atoms with van der Waals surface area (Å²) in [5.41, 5.74) is -0.0739. The van der Waals surface area contributed by atoms with E-state index >= 15 is 0 Å². The average molecular weight is 325 g/mol. The predicted molar refractivity (Wildman–Crippen MR) is 72.4 cm³/mol. The molecule has 2 rings (SSSR count). The number of halogens is 1. The SMILES string of the molecule is CNc1cncc(Oc2cccc([N+](=O)[O-])c2Br)n1. The molecule has 1 aromatic heterocycles. The molecule has 1 heterocycles. The molecule has 0 spiro atoms. The monoisotopic (exact) mass is 324 g/mol. The van der Waals surface area contributed by atoms with Gasteiger partial charge in [0.2, 0.25) is 5.88 Å². The Kier molecular flexibility index (Phi) is 3.91. The van der Waals surface area contributed by atoms with E-state index in [2.05, 4.69) is 31.2 Å². The van der Waals surface area contributed by atoms with E-state index in [9.17, 15) is 10.1 Å². The number of aromatic nitrogens is 2. The summed E-state index contributed by atoms with van der Waals surface area (Å²) >= 11 is 3.14. The second-order valence-corrected chi connectivity index (χ2v) is 4.23. The number of ether oxygens (including phenoxy) is 1. The average Bonchev–Trinajstić information content (AvgIpc) is 2.41. The van der Waals surface area contributed by atoms with Gasteiger partial charge in [-0.2, -0.15) is 4.98 Å². The standard InChI is InChI=1S/C11H9BrN4O3/c1-13-9-5-14-6-10(15-9)19-8-4-2-3-7(11(8)12)16(17)18/h2-6H,1H3,(H,13,15). The van der Waals surface area contributed by atoms with Crippen molar-refractivity contribution >= 4 is 27.4 Å². The molecule has 0 aliphatic carbocycles. The Balaban J connectivity index is 2.33. The lowest BCUT2D eigenvalue weighted by molar-refractivity contribution is -0.385. The summed E-state index contributed by atoms with van der Waals surface area (Å²) in [5.74, 6) is 1.09. The van der Waals surface area contributed by atoms with E-state index in [1.807, 2.05) is 0 Å². The third kappa shape index (κ3) is 2.97. The van der Waals surface area contributed by atoms with E-state index in [1.54, 1.807) is 13.1 Å². The van der Waals surface area contributed by atoms with Crippen molar-refractivity contribution < 1.29 is 9.66 Å². The zero-order chi connectivity index (χ0) is 13.8. The zero-order valence-corrected chi connectivity index (χ0v) is 11.4. The van der Waals surface area contributed by atoms with Gasteiger partial charge in [-0.3, -0.25) is 15.1 Å². The molecule has 0 fully saturated rings. The molecule has 1 N–H and O–H groups in total. The zero-order valence-electron chi connectivity index (χ0n) is 9.83. The number of rotatable bonds is 4. The number of nitro benzene ring substituents is 1. The Hall–Kier alpha value is -2.22. The van der Waals surface area contributed by atoms with Crippen LogP contribution in [0.25, 0.3) is 0 Å². The van der Waals surface area contributed by atoms with Crippen LogP contribution in [0.15, 0.2) is 35.1 Å². The van der Waals surface area contributed by atoms with Crippen molar-refractivity contribution in [1.82, 2.24) is 9.97 Å². The van der Waals surface area contributed by atoms with Gasteiger partial charge in [-0.05, 0) is 22.0 Å². The maximum Gasteiger partial charge on any atom is 0.287 e. The number of hydrogen-bond donors (Lipinski definition) is 1. The molecule has 0 unspecified atom stereocenters. The van der Waals surface area contributed by atoms with E-state index in [0.29, 0.717) is 11.6 Å². The maximum absolute atomic E-state index is 10.8. The minimum atomic E-state index is -0.493. The predicted octanol–water partition coefficient (Wildman–Crippen LogP) is 2.98. The van der Waals surface area contributed by atoms with E-state index in [-0.39, 0.29) is 16.0 Å². The maximum atomic E-state index is 10.8. The lowest BCUT2D eigenvalue weighted by Crippen LogP contribution is -1.97. The summed E-state index contributed by atoms with van der Waals surface area (Å²) in [6.45, 7) is 0. The first-order chi connectivity index (χ1) is 9.11. The van der Waals surface area contributed by atoms with E-state index < -0.39 is 4.92 Å². The van der Waals surface area contributed by atoms with Crippen molar-refractivity contribution in [3.63, 3.8) is 0 Å². The van der Waals surface area contributed by atoms with E-state index in [0.717, 1.165) is 0 Å². The fourth-order valence-corrected chi connectivity index (χ4v) is 1.84. The Bertz CT molecular complexity index is 621. The molecule has 7 nitrogen and oxygen atoms in total. The Morgan fingerprint density at radius 3 is 2.89 bits per heavy atom. The first-order valence-corrected chi connectivity index (χ1v) is 6.01. The van der Waals surface area contributed by atoms with Crippen LogP contribution in [0.2, 0.25) is 0 Å². The molecular weight excluding hydrogens is 316 g/mol. The summed E-state index contributed by atoms with van der Waals surface area (Å²) in [6, 6.07) is 4.52. The largest absolute Gasteiger partial charge is 0.436 e. The van der Waals surface area contributed by atoms with Gasteiger partial charge in [0.05, 0.1) is 17.3 Å². The molecule has 0 saturated carbocycles. The molecule has 8 heteroatoms. The second-order valence-electron chi connectivity index (χ2n) is 3.44. The van der Waals surface area contributed by atoms with Crippen LogP contribution in [0.4, 0.5) is 11.5 Å². The summed E-state index contributed by atoms with van der Waals surface area (Å²) in [4.78, 5) is 18.4. The number of nitrogens with zero attached hydrogens (tertiary/aromatic N) is 3. The van der Waals surface area contributed by atoms with Crippen molar-refractivity contribution in [1.29, 1.82) is 0 Å². The molecule has 0 atom stereocenters. The van der Waals surface area contributed by atoms with Crippen LogP contribution < -0.4 is 10.1 Å². The van der Waals surface area contributed by atoms with Crippen molar-refractivity contribution in [3.8, 4) is 11.6 Å². The smallest absolute Gasteiger partial charge is 0.287 e. The van der Waals surface area contributed by atoms with Crippen LogP contribution in [-0.4, -0.2) is 21.9 Å². The lowest BCUT2D eigenvalue weighted by atomic mass is 10.3.